The summed E-state index contributed by atoms with van der Waals surface area (Å²) in [6, 6.07) is 0. The van der Waals surface area contributed by atoms with Gasteiger partial charge in [-0.05, 0) is 80.0 Å². The maximum atomic E-state index is 13.9. The summed E-state index contributed by atoms with van der Waals surface area (Å²) in [6.45, 7) is 11.3. The number of likely N-dealkylation sites (tertiary alicyclic amines) is 1. The quantitative estimate of drug-likeness (QED) is 0.501. The number of amides is 1. The molecule has 1 aliphatic heterocycles. The van der Waals surface area contributed by atoms with Crippen LogP contribution in [0.3, 0.4) is 0 Å². The maximum Gasteiger partial charge on any atom is 0.407 e. The topological polar surface area (TPSA) is 94.9 Å². The lowest BCUT2D eigenvalue weighted by atomic mass is 9.42. The number of Topliss-reactive ketones (excluding diaryl/α,β-unsaturated/α-hetero) is 2. The molecule has 0 aromatic rings. The largest absolute Gasteiger partial charge is 0.465 e. The summed E-state index contributed by atoms with van der Waals surface area (Å²) in [6.07, 6.45) is 9.01. The SMILES string of the molecule is CC(C)(C)C1(C/C=C2\CC[C@]3(C)C4CC[C@]5(C)C(=O)CCC5C4C(=O)[C@H](CO)C3C2)CCN1C(=O)O. The van der Waals surface area contributed by atoms with Crippen molar-refractivity contribution in [2.45, 2.75) is 97.9 Å². The van der Waals surface area contributed by atoms with Crippen molar-refractivity contribution in [3.8, 4) is 0 Å². The number of rotatable bonds is 3. The van der Waals surface area contributed by atoms with Crippen LogP contribution in [0, 0.1) is 45.8 Å². The predicted molar refractivity (Wildman–Crippen MR) is 137 cm³/mol. The van der Waals surface area contributed by atoms with Crippen molar-refractivity contribution in [1.82, 2.24) is 4.90 Å². The molecule has 4 saturated carbocycles. The Morgan fingerprint density at radius 2 is 1.78 bits per heavy atom. The van der Waals surface area contributed by atoms with Crippen LogP contribution in [-0.2, 0) is 9.59 Å². The van der Waals surface area contributed by atoms with Gasteiger partial charge in [-0.15, -0.1) is 0 Å². The molecule has 0 radical (unpaired) electrons. The number of carbonyl (C=O) groups is 3. The minimum atomic E-state index is -0.843. The normalized spacial score (nSPS) is 45.7. The molecule has 4 aliphatic carbocycles. The number of allylic oxidation sites excluding steroid dienone is 1. The number of carboxylic acid groups (broad SMARTS) is 1. The first-order valence-corrected chi connectivity index (χ1v) is 14.2. The molecule has 5 unspecified atom stereocenters. The number of carbonyl (C=O) groups excluding carboxylic acids is 2. The van der Waals surface area contributed by atoms with Gasteiger partial charge in [-0.2, -0.15) is 0 Å². The zero-order valence-electron chi connectivity index (χ0n) is 22.8. The molecule has 8 atom stereocenters. The van der Waals surface area contributed by atoms with Gasteiger partial charge >= 0.3 is 6.09 Å². The lowest BCUT2D eigenvalue weighted by Crippen LogP contribution is -2.67. The van der Waals surface area contributed by atoms with Crippen LogP contribution in [0.1, 0.15) is 92.4 Å². The Bertz CT molecular complexity index is 996. The first-order chi connectivity index (χ1) is 16.8. The van der Waals surface area contributed by atoms with Crippen molar-refractivity contribution in [2.75, 3.05) is 13.2 Å². The van der Waals surface area contributed by atoms with Crippen LogP contribution in [0.4, 0.5) is 4.79 Å². The van der Waals surface area contributed by atoms with Crippen LogP contribution in [0.5, 0.6) is 0 Å². The van der Waals surface area contributed by atoms with E-state index < -0.39 is 6.09 Å². The van der Waals surface area contributed by atoms with E-state index in [-0.39, 0.29) is 57.8 Å². The highest BCUT2D eigenvalue weighted by molar-refractivity contribution is 5.91. The molecule has 6 nitrogen and oxygen atoms in total. The smallest absolute Gasteiger partial charge is 0.407 e. The second kappa shape index (κ2) is 8.41. The molecule has 6 heteroatoms. The van der Waals surface area contributed by atoms with Gasteiger partial charge in [0.05, 0.1) is 12.1 Å². The Morgan fingerprint density at radius 3 is 2.36 bits per heavy atom. The monoisotopic (exact) mass is 499 g/mol. The van der Waals surface area contributed by atoms with Crippen molar-refractivity contribution < 1.29 is 24.6 Å². The number of ketones is 2. The summed E-state index contributed by atoms with van der Waals surface area (Å²) < 4.78 is 0. The standard InChI is InChI=1S/C30H45NO5/c1-27(2,3)30(14-15-31(30)26(35)36)13-9-18-8-11-28(4)21-10-12-29(5)20(6-7-23(29)33)24(21)25(34)19(17-32)22(28)16-18/h9,19-22,24,32H,6-8,10-17H2,1-5H3,(H,35,36)/b18-9+/t19-,20?,21?,22?,24?,28-,29+,30?/m1/s1. The fourth-order valence-electron chi connectivity index (χ4n) is 9.58. The molecule has 36 heavy (non-hydrogen) atoms. The minimum Gasteiger partial charge on any atom is -0.465 e. The predicted octanol–water partition coefficient (Wildman–Crippen LogP) is 5.48. The molecule has 0 bridgehead atoms. The first-order valence-electron chi connectivity index (χ1n) is 14.2. The summed E-state index contributed by atoms with van der Waals surface area (Å²) in [5, 5.41) is 20.3. The molecule has 0 aromatic carbocycles. The number of aliphatic hydroxyl groups excluding tert-OH is 1. The van der Waals surface area contributed by atoms with E-state index in [1.54, 1.807) is 4.90 Å². The van der Waals surface area contributed by atoms with Gasteiger partial charge in [0.1, 0.15) is 11.6 Å². The van der Waals surface area contributed by atoms with Crippen LogP contribution in [0.15, 0.2) is 11.6 Å². The Balaban J connectivity index is 1.41. The third-order valence-electron chi connectivity index (χ3n) is 12.1. The number of hydrogen-bond acceptors (Lipinski definition) is 4. The van der Waals surface area contributed by atoms with Gasteiger partial charge in [-0.3, -0.25) is 9.59 Å². The zero-order chi connectivity index (χ0) is 26.3. The van der Waals surface area contributed by atoms with Gasteiger partial charge in [-0.25, -0.2) is 4.79 Å². The highest BCUT2D eigenvalue weighted by atomic mass is 16.4. The van der Waals surface area contributed by atoms with E-state index in [2.05, 4.69) is 40.7 Å². The van der Waals surface area contributed by atoms with Gasteiger partial charge in [0.15, 0.2) is 0 Å². The fourth-order valence-corrected chi connectivity index (χ4v) is 9.58. The van der Waals surface area contributed by atoms with Gasteiger partial charge < -0.3 is 15.1 Å². The fraction of sp³-hybridized carbons (Fsp3) is 0.833. The maximum absolute atomic E-state index is 13.9. The van der Waals surface area contributed by atoms with E-state index in [0.717, 1.165) is 44.9 Å². The molecule has 200 valence electrons. The molecular formula is C30H45NO5. The molecular weight excluding hydrogens is 454 g/mol. The summed E-state index contributed by atoms with van der Waals surface area (Å²) in [7, 11) is 0. The van der Waals surface area contributed by atoms with Crippen molar-refractivity contribution in [2.24, 2.45) is 45.8 Å². The molecule has 2 N–H and O–H groups in total. The van der Waals surface area contributed by atoms with E-state index in [1.807, 2.05) is 0 Å². The number of hydrogen-bond donors (Lipinski definition) is 2. The lowest BCUT2D eigenvalue weighted by molar-refractivity contribution is -0.167. The van der Waals surface area contributed by atoms with Crippen molar-refractivity contribution in [3.63, 3.8) is 0 Å². The van der Waals surface area contributed by atoms with E-state index in [1.165, 1.54) is 5.57 Å². The molecule has 1 saturated heterocycles. The summed E-state index contributed by atoms with van der Waals surface area (Å²) in [5.74, 6) is 0.612. The minimum absolute atomic E-state index is 0.0123. The van der Waals surface area contributed by atoms with E-state index in [0.29, 0.717) is 31.1 Å². The van der Waals surface area contributed by atoms with E-state index in [9.17, 15) is 24.6 Å². The van der Waals surface area contributed by atoms with Crippen molar-refractivity contribution in [1.29, 1.82) is 0 Å². The van der Waals surface area contributed by atoms with Crippen LogP contribution < -0.4 is 0 Å². The van der Waals surface area contributed by atoms with Crippen LogP contribution in [0.2, 0.25) is 0 Å². The zero-order valence-corrected chi connectivity index (χ0v) is 22.8. The Kier molecular flexibility index (Phi) is 6.06. The van der Waals surface area contributed by atoms with Gasteiger partial charge in [0.25, 0.3) is 0 Å². The highest BCUT2D eigenvalue weighted by Crippen LogP contribution is 2.66. The summed E-state index contributed by atoms with van der Waals surface area (Å²) in [4.78, 5) is 40.3. The molecule has 1 heterocycles. The highest BCUT2D eigenvalue weighted by Gasteiger charge is 2.65. The third-order valence-corrected chi connectivity index (χ3v) is 12.1. The molecule has 1 amide bonds. The van der Waals surface area contributed by atoms with E-state index >= 15 is 0 Å². The van der Waals surface area contributed by atoms with Crippen molar-refractivity contribution >= 4 is 17.7 Å². The summed E-state index contributed by atoms with van der Waals surface area (Å²) in [5.41, 5.74) is 0.388. The Morgan fingerprint density at radius 1 is 1.06 bits per heavy atom. The van der Waals surface area contributed by atoms with Crippen LogP contribution in [-0.4, -0.2) is 51.5 Å². The third kappa shape index (κ3) is 3.41. The van der Waals surface area contributed by atoms with Gasteiger partial charge in [0, 0.05) is 30.2 Å². The molecule has 5 fully saturated rings. The number of aliphatic hydroxyl groups is 1. The van der Waals surface area contributed by atoms with Crippen LogP contribution in [0.25, 0.3) is 0 Å². The second-order valence-electron chi connectivity index (χ2n) is 14.2. The Hall–Kier alpha value is -1.69. The average molecular weight is 500 g/mol. The summed E-state index contributed by atoms with van der Waals surface area (Å²) >= 11 is 0. The lowest BCUT2D eigenvalue weighted by Gasteiger charge is -2.61. The molecule has 5 rings (SSSR count). The van der Waals surface area contributed by atoms with Gasteiger partial charge in [-0.1, -0.05) is 46.3 Å². The molecule has 0 spiro atoms. The van der Waals surface area contributed by atoms with Crippen molar-refractivity contribution in [3.05, 3.63) is 11.6 Å². The average Bonchev–Trinajstić information content (AvgIpc) is 3.07. The molecule has 5 aliphatic rings. The van der Waals surface area contributed by atoms with Crippen LogP contribution >= 0.6 is 0 Å². The van der Waals surface area contributed by atoms with E-state index in [4.69, 9.17) is 0 Å². The Labute approximate surface area is 215 Å². The second-order valence-corrected chi connectivity index (χ2v) is 14.2. The number of nitrogens with zero attached hydrogens (tertiary/aromatic N) is 1. The first kappa shape index (κ1) is 25.9. The van der Waals surface area contributed by atoms with Gasteiger partial charge in [0.2, 0.25) is 0 Å². The number of fused-ring (bicyclic) bond motifs is 5. The molecule has 0 aromatic heterocycles.